The summed E-state index contributed by atoms with van der Waals surface area (Å²) in [5, 5.41) is 1.09. The summed E-state index contributed by atoms with van der Waals surface area (Å²) in [6.45, 7) is 0. The van der Waals surface area contributed by atoms with Gasteiger partial charge in [-0.3, -0.25) is 0 Å². The highest BCUT2D eigenvalue weighted by molar-refractivity contribution is 5.93. The lowest BCUT2D eigenvalue weighted by Gasteiger charge is -2.28. The van der Waals surface area contributed by atoms with Gasteiger partial charge in [-0.1, -0.05) is 170 Å². The van der Waals surface area contributed by atoms with Crippen LogP contribution in [0.1, 0.15) is 0 Å². The summed E-state index contributed by atoms with van der Waals surface area (Å²) in [4.78, 5) is 2.36. The van der Waals surface area contributed by atoms with Crippen molar-refractivity contribution in [2.24, 2.45) is 0 Å². The standard InChI is InChI=1S/C50H35NO/c1-3-16-36(17-4-1)43-23-8-10-26-46(43)47-27-11-9-24-44(47)38-30-32-41(33-31-38)51(48-28-13-12-25-45(48)37-18-5-2-6-19-37)42-22-15-21-39(34-42)50-35-40-20-7-14-29-49(40)52-50/h1-35H. The maximum Gasteiger partial charge on any atom is 0.135 e. The van der Waals surface area contributed by atoms with Crippen molar-refractivity contribution in [3.05, 3.63) is 212 Å². The van der Waals surface area contributed by atoms with Crippen molar-refractivity contribution in [2.45, 2.75) is 0 Å². The van der Waals surface area contributed by atoms with E-state index in [1.54, 1.807) is 0 Å². The maximum atomic E-state index is 6.32. The molecule has 52 heavy (non-hydrogen) atoms. The van der Waals surface area contributed by atoms with Gasteiger partial charge < -0.3 is 9.32 Å². The average molecular weight is 666 g/mol. The predicted octanol–water partition coefficient (Wildman–Crippen LogP) is 14.2. The van der Waals surface area contributed by atoms with Crippen molar-refractivity contribution in [2.75, 3.05) is 4.90 Å². The van der Waals surface area contributed by atoms with Gasteiger partial charge in [0.05, 0.1) is 5.69 Å². The molecule has 0 aliphatic heterocycles. The first-order valence-corrected chi connectivity index (χ1v) is 17.7. The third-order valence-corrected chi connectivity index (χ3v) is 9.71. The van der Waals surface area contributed by atoms with Gasteiger partial charge >= 0.3 is 0 Å². The molecule has 0 unspecified atom stereocenters. The predicted molar refractivity (Wildman–Crippen MR) is 218 cm³/mol. The Labute approximate surface area is 304 Å². The van der Waals surface area contributed by atoms with Gasteiger partial charge in [0.2, 0.25) is 0 Å². The van der Waals surface area contributed by atoms with E-state index in [1.807, 2.05) is 18.2 Å². The van der Waals surface area contributed by atoms with E-state index < -0.39 is 0 Å². The van der Waals surface area contributed by atoms with Crippen molar-refractivity contribution in [1.82, 2.24) is 0 Å². The minimum absolute atomic E-state index is 0.849. The van der Waals surface area contributed by atoms with E-state index in [9.17, 15) is 0 Å². The fourth-order valence-electron chi connectivity index (χ4n) is 7.23. The molecule has 0 fully saturated rings. The van der Waals surface area contributed by atoms with Crippen LogP contribution in [-0.4, -0.2) is 0 Å². The molecular formula is C50H35NO. The Hall–Kier alpha value is -6.90. The zero-order chi connectivity index (χ0) is 34.7. The summed E-state index contributed by atoms with van der Waals surface area (Å²) in [6.07, 6.45) is 0. The number of para-hydroxylation sites is 2. The van der Waals surface area contributed by atoms with Gasteiger partial charge in [-0.2, -0.15) is 0 Å². The minimum atomic E-state index is 0.849. The highest BCUT2D eigenvalue weighted by Crippen LogP contribution is 2.44. The second-order valence-electron chi connectivity index (χ2n) is 12.9. The van der Waals surface area contributed by atoms with E-state index in [0.717, 1.165) is 50.5 Å². The van der Waals surface area contributed by atoms with Crippen LogP contribution in [0.25, 0.3) is 66.8 Å². The van der Waals surface area contributed by atoms with Gasteiger partial charge in [-0.05, 0) is 81.4 Å². The van der Waals surface area contributed by atoms with Gasteiger partial charge in [0, 0.05) is 27.9 Å². The molecule has 246 valence electrons. The van der Waals surface area contributed by atoms with Crippen LogP contribution in [0, 0.1) is 0 Å². The van der Waals surface area contributed by atoms with E-state index >= 15 is 0 Å². The monoisotopic (exact) mass is 665 g/mol. The molecule has 0 bridgehead atoms. The van der Waals surface area contributed by atoms with E-state index in [1.165, 1.54) is 33.4 Å². The Bertz CT molecular complexity index is 2590. The van der Waals surface area contributed by atoms with Crippen molar-refractivity contribution < 1.29 is 4.42 Å². The molecule has 8 aromatic carbocycles. The summed E-state index contributed by atoms with van der Waals surface area (Å²) in [5.41, 5.74) is 14.7. The number of hydrogen-bond donors (Lipinski definition) is 0. The molecule has 0 saturated carbocycles. The number of anilines is 3. The topological polar surface area (TPSA) is 16.4 Å². The highest BCUT2D eigenvalue weighted by atomic mass is 16.3. The minimum Gasteiger partial charge on any atom is -0.456 e. The van der Waals surface area contributed by atoms with Gasteiger partial charge in [0.15, 0.2) is 0 Å². The quantitative estimate of drug-likeness (QED) is 0.161. The van der Waals surface area contributed by atoms with Crippen LogP contribution in [0.3, 0.4) is 0 Å². The summed E-state index contributed by atoms with van der Waals surface area (Å²) < 4.78 is 6.32. The van der Waals surface area contributed by atoms with Crippen LogP contribution in [0.4, 0.5) is 17.1 Å². The van der Waals surface area contributed by atoms with Crippen LogP contribution in [-0.2, 0) is 0 Å². The number of rotatable bonds is 8. The van der Waals surface area contributed by atoms with Gasteiger partial charge in [0.1, 0.15) is 11.3 Å². The van der Waals surface area contributed by atoms with E-state index in [2.05, 4.69) is 199 Å². The first-order chi connectivity index (χ1) is 25.8. The van der Waals surface area contributed by atoms with E-state index in [-0.39, 0.29) is 0 Å². The molecule has 2 heteroatoms. The lowest BCUT2D eigenvalue weighted by Crippen LogP contribution is -2.11. The largest absolute Gasteiger partial charge is 0.456 e. The molecular weight excluding hydrogens is 631 g/mol. The normalized spacial score (nSPS) is 11.1. The number of furan rings is 1. The van der Waals surface area contributed by atoms with E-state index in [4.69, 9.17) is 4.42 Å². The van der Waals surface area contributed by atoms with Crippen molar-refractivity contribution in [1.29, 1.82) is 0 Å². The Morgan fingerprint density at radius 3 is 1.46 bits per heavy atom. The van der Waals surface area contributed by atoms with Gasteiger partial charge in [-0.15, -0.1) is 0 Å². The average Bonchev–Trinajstić information content (AvgIpc) is 3.67. The SMILES string of the molecule is c1ccc(-c2ccccc2-c2ccccc2-c2ccc(N(c3cccc(-c4cc5ccccc5o4)c3)c3ccccc3-c3ccccc3)cc2)cc1. The summed E-state index contributed by atoms with van der Waals surface area (Å²) >= 11 is 0. The number of hydrogen-bond acceptors (Lipinski definition) is 2. The molecule has 0 aliphatic carbocycles. The molecule has 0 spiro atoms. The van der Waals surface area contributed by atoms with Crippen LogP contribution in [0.2, 0.25) is 0 Å². The Balaban J connectivity index is 1.16. The first-order valence-electron chi connectivity index (χ1n) is 17.7. The lowest BCUT2D eigenvalue weighted by molar-refractivity contribution is 0.631. The Kier molecular flexibility index (Phi) is 8.24. The molecule has 1 heterocycles. The molecule has 0 aliphatic rings. The molecule has 0 atom stereocenters. The third-order valence-electron chi connectivity index (χ3n) is 9.71. The van der Waals surface area contributed by atoms with Gasteiger partial charge in [-0.25, -0.2) is 0 Å². The highest BCUT2D eigenvalue weighted by Gasteiger charge is 2.19. The number of fused-ring (bicyclic) bond motifs is 1. The molecule has 0 saturated heterocycles. The molecule has 0 radical (unpaired) electrons. The van der Waals surface area contributed by atoms with Gasteiger partial charge in [0.25, 0.3) is 0 Å². The smallest absolute Gasteiger partial charge is 0.135 e. The molecule has 9 rings (SSSR count). The van der Waals surface area contributed by atoms with Crippen molar-refractivity contribution in [3.63, 3.8) is 0 Å². The fourth-order valence-corrected chi connectivity index (χ4v) is 7.23. The van der Waals surface area contributed by atoms with Crippen molar-refractivity contribution >= 4 is 28.0 Å². The number of benzene rings is 8. The Morgan fingerprint density at radius 2 is 0.808 bits per heavy atom. The molecule has 1 aromatic heterocycles. The van der Waals surface area contributed by atoms with Crippen molar-refractivity contribution in [3.8, 4) is 55.8 Å². The van der Waals surface area contributed by atoms with Crippen LogP contribution < -0.4 is 4.90 Å². The zero-order valence-electron chi connectivity index (χ0n) is 28.6. The van der Waals surface area contributed by atoms with Crippen LogP contribution in [0.15, 0.2) is 217 Å². The lowest BCUT2D eigenvalue weighted by atomic mass is 9.89. The van der Waals surface area contributed by atoms with Crippen LogP contribution in [0.5, 0.6) is 0 Å². The molecule has 0 N–H and O–H groups in total. The Morgan fingerprint density at radius 1 is 0.308 bits per heavy atom. The second kappa shape index (κ2) is 13.8. The molecule has 2 nitrogen and oxygen atoms in total. The molecule has 9 aromatic rings. The van der Waals surface area contributed by atoms with E-state index in [0.29, 0.717) is 0 Å². The fraction of sp³-hybridized carbons (Fsp3) is 0. The maximum absolute atomic E-state index is 6.32. The summed E-state index contributed by atoms with van der Waals surface area (Å²) in [5.74, 6) is 0.849. The number of nitrogens with zero attached hydrogens (tertiary/aromatic N) is 1. The summed E-state index contributed by atoms with van der Waals surface area (Å²) in [7, 11) is 0. The molecule has 0 amide bonds. The van der Waals surface area contributed by atoms with Crippen LogP contribution >= 0.6 is 0 Å². The first kappa shape index (κ1) is 31.1. The second-order valence-corrected chi connectivity index (χ2v) is 12.9. The zero-order valence-corrected chi connectivity index (χ0v) is 28.6. The summed E-state index contributed by atoms with van der Waals surface area (Å²) in [6, 6.07) is 75.2. The third kappa shape index (κ3) is 5.97.